The smallest absolute Gasteiger partial charge is 0.161 e. The molecule has 0 atom stereocenters. The van der Waals surface area contributed by atoms with Gasteiger partial charge in [0, 0.05) is 34.3 Å². The number of benzene rings is 2. The summed E-state index contributed by atoms with van der Waals surface area (Å²) in [4.78, 5) is 3.13. The molecule has 0 N–H and O–H groups in total. The van der Waals surface area contributed by atoms with Gasteiger partial charge in [0.1, 0.15) is 11.6 Å². The molecule has 2 aromatic carbocycles. The Bertz CT molecular complexity index is 800. The van der Waals surface area contributed by atoms with Crippen LogP contribution in [-0.4, -0.2) is 30.1 Å². The van der Waals surface area contributed by atoms with Crippen LogP contribution in [0.5, 0.6) is 11.5 Å². The SMILES string of the molecule is COc1cc(C(=S)N2CCC(C)CC2)ccc1OCc1c(Cl)cccc1Cl. The molecule has 1 fully saturated rings. The van der Waals surface area contributed by atoms with Crippen LogP contribution in [0.4, 0.5) is 0 Å². The first kappa shape index (κ1) is 20.2. The largest absolute Gasteiger partial charge is 0.493 e. The van der Waals surface area contributed by atoms with Gasteiger partial charge in [0.05, 0.1) is 7.11 Å². The summed E-state index contributed by atoms with van der Waals surface area (Å²) >= 11 is 18.1. The van der Waals surface area contributed by atoms with Crippen molar-refractivity contribution in [1.82, 2.24) is 4.90 Å². The van der Waals surface area contributed by atoms with Gasteiger partial charge in [-0.2, -0.15) is 0 Å². The van der Waals surface area contributed by atoms with Crippen LogP contribution in [0.3, 0.4) is 0 Å². The summed E-state index contributed by atoms with van der Waals surface area (Å²) in [6, 6.07) is 11.2. The molecule has 0 spiro atoms. The highest BCUT2D eigenvalue weighted by Crippen LogP contribution is 2.32. The van der Waals surface area contributed by atoms with E-state index in [0.717, 1.165) is 35.1 Å². The molecule has 3 nitrogen and oxygen atoms in total. The number of methoxy groups -OCH3 is 1. The zero-order chi connectivity index (χ0) is 19.4. The maximum atomic E-state index is 6.21. The van der Waals surface area contributed by atoms with Crippen molar-refractivity contribution < 1.29 is 9.47 Å². The molecule has 1 aliphatic heterocycles. The van der Waals surface area contributed by atoms with Gasteiger partial charge < -0.3 is 14.4 Å². The molecule has 3 rings (SSSR count). The van der Waals surface area contributed by atoms with Crippen LogP contribution < -0.4 is 9.47 Å². The van der Waals surface area contributed by atoms with E-state index >= 15 is 0 Å². The Morgan fingerprint density at radius 1 is 1.11 bits per heavy atom. The average Bonchev–Trinajstić information content (AvgIpc) is 2.67. The Labute approximate surface area is 176 Å². The van der Waals surface area contributed by atoms with E-state index in [4.69, 9.17) is 44.9 Å². The Morgan fingerprint density at radius 2 is 1.78 bits per heavy atom. The van der Waals surface area contributed by atoms with Crippen LogP contribution in [-0.2, 0) is 6.61 Å². The first-order valence-corrected chi connectivity index (χ1v) is 10.2. The summed E-state index contributed by atoms with van der Waals surface area (Å²) in [5, 5.41) is 1.16. The van der Waals surface area contributed by atoms with Gasteiger partial charge in [0.2, 0.25) is 0 Å². The number of thiocarbonyl (C=S) groups is 1. The first-order valence-electron chi connectivity index (χ1n) is 9.02. The summed E-state index contributed by atoms with van der Waals surface area (Å²) in [6.45, 7) is 4.57. The maximum Gasteiger partial charge on any atom is 0.161 e. The second-order valence-electron chi connectivity index (χ2n) is 6.83. The van der Waals surface area contributed by atoms with Crippen LogP contribution in [0, 0.1) is 5.92 Å². The molecule has 144 valence electrons. The standard InChI is InChI=1S/C21H23Cl2NO2S/c1-14-8-10-24(11-9-14)21(27)15-6-7-19(20(12-15)25-2)26-13-16-17(22)4-3-5-18(16)23/h3-7,12,14H,8-11,13H2,1-2H3. The summed E-state index contributed by atoms with van der Waals surface area (Å²) in [7, 11) is 1.63. The number of rotatable bonds is 5. The van der Waals surface area contributed by atoms with Gasteiger partial charge in [-0.15, -0.1) is 0 Å². The Hall–Kier alpha value is -1.49. The molecule has 6 heteroatoms. The quantitative estimate of drug-likeness (QED) is 0.550. The highest BCUT2D eigenvalue weighted by atomic mass is 35.5. The summed E-state index contributed by atoms with van der Waals surface area (Å²) in [5.74, 6) is 2.04. The topological polar surface area (TPSA) is 21.7 Å². The Kier molecular flexibility index (Phi) is 6.85. The number of likely N-dealkylation sites (tertiary alicyclic amines) is 1. The molecule has 27 heavy (non-hydrogen) atoms. The third-order valence-electron chi connectivity index (χ3n) is 4.92. The lowest BCUT2D eigenvalue weighted by molar-refractivity contribution is 0.282. The maximum absolute atomic E-state index is 6.21. The van der Waals surface area contributed by atoms with Gasteiger partial charge in [0.15, 0.2) is 11.5 Å². The summed E-state index contributed by atoms with van der Waals surface area (Å²) < 4.78 is 11.4. The normalized spacial score (nSPS) is 14.9. The van der Waals surface area contributed by atoms with E-state index in [0.29, 0.717) is 21.5 Å². The van der Waals surface area contributed by atoms with Gasteiger partial charge >= 0.3 is 0 Å². The number of halogens is 2. The third kappa shape index (κ3) is 4.87. The van der Waals surface area contributed by atoms with Gasteiger partial charge in [-0.25, -0.2) is 0 Å². The monoisotopic (exact) mass is 423 g/mol. The van der Waals surface area contributed by atoms with Crippen molar-refractivity contribution >= 4 is 40.4 Å². The minimum atomic E-state index is 0.267. The fourth-order valence-corrected chi connectivity index (χ4v) is 3.95. The van der Waals surface area contributed by atoms with Crippen molar-refractivity contribution in [1.29, 1.82) is 0 Å². The molecule has 0 aliphatic carbocycles. The second kappa shape index (κ2) is 9.13. The number of hydrogen-bond donors (Lipinski definition) is 0. The zero-order valence-electron chi connectivity index (χ0n) is 15.5. The highest BCUT2D eigenvalue weighted by molar-refractivity contribution is 7.80. The minimum absolute atomic E-state index is 0.267. The van der Waals surface area contributed by atoms with Crippen molar-refractivity contribution in [3.05, 3.63) is 57.6 Å². The van der Waals surface area contributed by atoms with Crippen LogP contribution in [0.25, 0.3) is 0 Å². The molecule has 1 aliphatic rings. The lowest BCUT2D eigenvalue weighted by atomic mass is 9.99. The fourth-order valence-electron chi connectivity index (χ4n) is 3.13. The van der Waals surface area contributed by atoms with Crippen LogP contribution in [0.2, 0.25) is 10.0 Å². The lowest BCUT2D eigenvalue weighted by Gasteiger charge is -2.32. The number of ether oxygens (including phenoxy) is 2. The van der Waals surface area contributed by atoms with Gasteiger partial charge in [-0.3, -0.25) is 0 Å². The number of piperidine rings is 1. The van der Waals surface area contributed by atoms with E-state index in [1.165, 1.54) is 12.8 Å². The second-order valence-corrected chi connectivity index (χ2v) is 8.03. The summed E-state index contributed by atoms with van der Waals surface area (Å²) in [5.41, 5.74) is 1.73. The summed E-state index contributed by atoms with van der Waals surface area (Å²) in [6.07, 6.45) is 2.36. The molecule has 0 amide bonds. The van der Waals surface area contributed by atoms with Crippen LogP contribution in [0.1, 0.15) is 30.9 Å². The van der Waals surface area contributed by atoms with Crippen molar-refractivity contribution in [3.8, 4) is 11.5 Å². The zero-order valence-corrected chi connectivity index (χ0v) is 17.8. The fraction of sp³-hybridized carbons (Fsp3) is 0.381. The van der Waals surface area contributed by atoms with Gasteiger partial charge in [-0.05, 0) is 49.1 Å². The molecule has 0 unspecified atom stereocenters. The van der Waals surface area contributed by atoms with Crippen molar-refractivity contribution in [2.45, 2.75) is 26.4 Å². The lowest BCUT2D eigenvalue weighted by Crippen LogP contribution is -2.37. The van der Waals surface area contributed by atoms with Crippen LogP contribution in [0.15, 0.2) is 36.4 Å². The van der Waals surface area contributed by atoms with E-state index in [1.807, 2.05) is 24.3 Å². The Balaban J connectivity index is 1.73. The predicted molar refractivity (Wildman–Crippen MR) is 115 cm³/mol. The van der Waals surface area contributed by atoms with E-state index in [1.54, 1.807) is 19.2 Å². The highest BCUT2D eigenvalue weighted by Gasteiger charge is 2.20. The number of hydrogen-bond acceptors (Lipinski definition) is 3. The van der Waals surface area contributed by atoms with E-state index in [-0.39, 0.29) is 6.61 Å². The third-order valence-corrected chi connectivity index (χ3v) is 6.12. The minimum Gasteiger partial charge on any atom is -0.493 e. The van der Waals surface area contributed by atoms with E-state index < -0.39 is 0 Å². The molecular weight excluding hydrogens is 401 g/mol. The average molecular weight is 424 g/mol. The molecular formula is C21H23Cl2NO2S. The number of nitrogens with zero attached hydrogens (tertiary/aromatic N) is 1. The first-order chi connectivity index (χ1) is 13.0. The van der Waals surface area contributed by atoms with E-state index in [2.05, 4.69) is 11.8 Å². The van der Waals surface area contributed by atoms with Crippen molar-refractivity contribution in [2.75, 3.05) is 20.2 Å². The van der Waals surface area contributed by atoms with Crippen LogP contribution >= 0.6 is 35.4 Å². The molecule has 0 radical (unpaired) electrons. The Morgan fingerprint density at radius 3 is 2.41 bits per heavy atom. The molecule has 0 saturated carbocycles. The molecule has 2 aromatic rings. The molecule has 1 heterocycles. The molecule has 0 bridgehead atoms. The van der Waals surface area contributed by atoms with Crippen molar-refractivity contribution in [2.24, 2.45) is 5.92 Å². The van der Waals surface area contributed by atoms with E-state index in [9.17, 15) is 0 Å². The molecule has 0 aromatic heterocycles. The van der Waals surface area contributed by atoms with Crippen molar-refractivity contribution in [3.63, 3.8) is 0 Å². The predicted octanol–water partition coefficient (Wildman–Crippen LogP) is 5.99. The van der Waals surface area contributed by atoms with Gasteiger partial charge in [-0.1, -0.05) is 48.4 Å². The van der Waals surface area contributed by atoms with Gasteiger partial charge in [0.25, 0.3) is 0 Å². The molecule has 1 saturated heterocycles.